The molecular weight excluding hydrogens is 316 g/mol. The largest absolute Gasteiger partial charge is 0.413 e. The van der Waals surface area contributed by atoms with Crippen molar-refractivity contribution in [3.05, 3.63) is 0 Å². The molecule has 0 unspecified atom stereocenters. The van der Waals surface area contributed by atoms with Gasteiger partial charge in [-0.15, -0.1) is 0 Å². The van der Waals surface area contributed by atoms with Gasteiger partial charge in [0.05, 0.1) is 11.7 Å². The van der Waals surface area contributed by atoms with Crippen LogP contribution >= 0.6 is 0 Å². The molecule has 0 aliphatic heterocycles. The van der Waals surface area contributed by atoms with Gasteiger partial charge in [0.15, 0.2) is 8.32 Å². The quantitative estimate of drug-likeness (QED) is 0.590. The topological polar surface area (TPSA) is 35.5 Å². The highest BCUT2D eigenvalue weighted by molar-refractivity contribution is 6.69. The highest BCUT2D eigenvalue weighted by atomic mass is 28.4. The van der Waals surface area contributed by atoms with Gasteiger partial charge < -0.3 is 9.16 Å². The van der Waals surface area contributed by atoms with E-state index in [9.17, 15) is 4.79 Å². The van der Waals surface area contributed by atoms with Crippen molar-refractivity contribution in [2.24, 2.45) is 17.3 Å². The molecule has 0 aromatic heterocycles. The van der Waals surface area contributed by atoms with E-state index >= 15 is 0 Å². The molecule has 24 heavy (non-hydrogen) atoms. The van der Waals surface area contributed by atoms with E-state index in [0.29, 0.717) is 11.7 Å². The summed E-state index contributed by atoms with van der Waals surface area (Å²) in [4.78, 5) is 12.3. The average Bonchev–Trinajstić information content (AvgIpc) is 2.74. The number of fused-ring (bicyclic) bond motifs is 1. The Morgan fingerprint density at radius 2 is 1.96 bits per heavy atom. The SMILES string of the molecule is C[C@H](OCCC(C)(C)O[Si](C)(C)C)[C@H]1CC[C@@H]2C(=O)CCC[C@@]21C. The summed E-state index contributed by atoms with van der Waals surface area (Å²) in [6, 6.07) is 0. The van der Waals surface area contributed by atoms with Gasteiger partial charge in [-0.05, 0) is 83.8 Å². The highest BCUT2D eigenvalue weighted by Gasteiger charge is 2.52. The number of rotatable bonds is 7. The van der Waals surface area contributed by atoms with E-state index in [1.807, 2.05) is 0 Å². The number of carbonyl (C=O) groups excluding carboxylic acids is 1. The lowest BCUT2D eigenvalue weighted by atomic mass is 9.64. The van der Waals surface area contributed by atoms with Crippen molar-refractivity contribution in [1.29, 1.82) is 0 Å². The van der Waals surface area contributed by atoms with Crippen molar-refractivity contribution >= 4 is 14.1 Å². The van der Waals surface area contributed by atoms with Gasteiger partial charge in [-0.2, -0.15) is 0 Å². The first-order valence-electron chi connectivity index (χ1n) is 9.79. The maximum atomic E-state index is 12.3. The molecule has 0 N–H and O–H groups in total. The molecule has 0 radical (unpaired) electrons. The van der Waals surface area contributed by atoms with E-state index in [-0.39, 0.29) is 23.0 Å². The second-order valence-corrected chi connectivity index (χ2v) is 14.3. The molecule has 0 heterocycles. The zero-order chi connectivity index (χ0) is 18.2. The van der Waals surface area contributed by atoms with E-state index in [2.05, 4.69) is 47.3 Å². The second kappa shape index (κ2) is 7.20. The van der Waals surface area contributed by atoms with Crippen LogP contribution in [0.3, 0.4) is 0 Å². The molecule has 2 aliphatic carbocycles. The lowest BCUT2D eigenvalue weighted by Crippen LogP contribution is -2.42. The van der Waals surface area contributed by atoms with Crippen molar-refractivity contribution < 1.29 is 14.0 Å². The Hall–Kier alpha value is -0.193. The van der Waals surface area contributed by atoms with E-state index in [4.69, 9.17) is 9.16 Å². The van der Waals surface area contributed by atoms with Gasteiger partial charge in [0, 0.05) is 18.9 Å². The van der Waals surface area contributed by atoms with Crippen LogP contribution in [0.5, 0.6) is 0 Å². The van der Waals surface area contributed by atoms with E-state index in [1.165, 1.54) is 6.42 Å². The molecule has 4 heteroatoms. The monoisotopic (exact) mass is 354 g/mol. The Labute approximate surface area is 150 Å². The van der Waals surface area contributed by atoms with Crippen LogP contribution in [0.2, 0.25) is 19.6 Å². The average molecular weight is 355 g/mol. The number of Topliss-reactive ketones (excluding diaryl/α,β-unsaturated/α-hetero) is 1. The van der Waals surface area contributed by atoms with Crippen LogP contribution in [-0.4, -0.2) is 32.4 Å². The molecule has 0 aromatic carbocycles. The van der Waals surface area contributed by atoms with Crippen molar-refractivity contribution in [3.8, 4) is 0 Å². The van der Waals surface area contributed by atoms with E-state index < -0.39 is 8.32 Å². The third-order valence-corrected chi connectivity index (χ3v) is 7.34. The lowest BCUT2D eigenvalue weighted by molar-refractivity contribution is -0.131. The Morgan fingerprint density at radius 1 is 1.29 bits per heavy atom. The van der Waals surface area contributed by atoms with Crippen LogP contribution in [0, 0.1) is 17.3 Å². The predicted molar refractivity (Wildman–Crippen MR) is 102 cm³/mol. The summed E-state index contributed by atoms with van der Waals surface area (Å²) in [5.41, 5.74) is 0.0478. The van der Waals surface area contributed by atoms with Gasteiger partial charge in [-0.3, -0.25) is 4.79 Å². The summed E-state index contributed by atoms with van der Waals surface area (Å²) in [6.45, 7) is 16.3. The van der Waals surface area contributed by atoms with Crippen LogP contribution in [0.1, 0.15) is 66.2 Å². The predicted octanol–water partition coefficient (Wildman–Crippen LogP) is 5.20. The number of ether oxygens (including phenoxy) is 1. The molecule has 4 atom stereocenters. The minimum atomic E-state index is -1.53. The maximum Gasteiger partial charge on any atom is 0.184 e. The van der Waals surface area contributed by atoms with Crippen molar-refractivity contribution in [3.63, 3.8) is 0 Å². The molecule has 0 spiro atoms. The minimum Gasteiger partial charge on any atom is -0.413 e. The zero-order valence-corrected chi connectivity index (χ0v) is 17.9. The molecule has 0 aromatic rings. The number of ketones is 1. The van der Waals surface area contributed by atoms with E-state index in [0.717, 1.165) is 38.7 Å². The number of hydrogen-bond acceptors (Lipinski definition) is 3. The summed E-state index contributed by atoms with van der Waals surface area (Å²) in [5.74, 6) is 1.31. The standard InChI is InChI=1S/C20H38O3Si/c1-15(22-14-13-19(2,3)23-24(5,6)7)16-10-11-17-18(21)9-8-12-20(16,17)4/h15-17H,8-14H2,1-7H3/t15-,16+,17+,20+/m0/s1. The molecule has 0 bridgehead atoms. The van der Waals surface area contributed by atoms with Crippen LogP contribution in [0.25, 0.3) is 0 Å². The fourth-order valence-corrected chi connectivity index (χ4v) is 6.99. The molecular formula is C20H38O3Si. The fourth-order valence-electron chi connectivity index (χ4n) is 5.23. The summed E-state index contributed by atoms with van der Waals surface area (Å²) in [7, 11) is -1.53. The lowest BCUT2D eigenvalue weighted by Gasteiger charge is -2.42. The molecule has 2 fully saturated rings. The minimum absolute atomic E-state index is 0.118. The zero-order valence-electron chi connectivity index (χ0n) is 16.9. The molecule has 2 aliphatic rings. The van der Waals surface area contributed by atoms with Gasteiger partial charge in [0.25, 0.3) is 0 Å². The molecule has 3 nitrogen and oxygen atoms in total. The van der Waals surface area contributed by atoms with Crippen molar-refractivity contribution in [2.45, 2.75) is 97.6 Å². The van der Waals surface area contributed by atoms with Gasteiger partial charge in [0.2, 0.25) is 0 Å². The summed E-state index contributed by atoms with van der Waals surface area (Å²) in [5, 5.41) is 0. The smallest absolute Gasteiger partial charge is 0.184 e. The van der Waals surface area contributed by atoms with Gasteiger partial charge >= 0.3 is 0 Å². The fraction of sp³-hybridized carbons (Fsp3) is 0.950. The molecule has 0 saturated heterocycles. The maximum absolute atomic E-state index is 12.3. The number of carbonyl (C=O) groups is 1. The molecule has 2 saturated carbocycles. The molecule has 0 amide bonds. The summed E-state index contributed by atoms with van der Waals surface area (Å²) >= 11 is 0. The molecule has 140 valence electrons. The van der Waals surface area contributed by atoms with Crippen molar-refractivity contribution in [2.75, 3.05) is 6.61 Å². The van der Waals surface area contributed by atoms with Gasteiger partial charge in [-0.25, -0.2) is 0 Å². The van der Waals surface area contributed by atoms with Gasteiger partial charge in [-0.1, -0.05) is 6.92 Å². The highest BCUT2D eigenvalue weighted by Crippen LogP contribution is 2.55. The number of hydrogen-bond donors (Lipinski definition) is 0. The van der Waals surface area contributed by atoms with E-state index in [1.54, 1.807) is 0 Å². The van der Waals surface area contributed by atoms with Gasteiger partial charge in [0.1, 0.15) is 5.78 Å². The van der Waals surface area contributed by atoms with Crippen molar-refractivity contribution in [1.82, 2.24) is 0 Å². The first-order chi connectivity index (χ1) is 10.9. The third-order valence-electron chi connectivity index (χ3n) is 6.17. The Morgan fingerprint density at radius 3 is 2.58 bits per heavy atom. The normalized spacial score (nSPS) is 32.7. The molecule has 2 rings (SSSR count). The Kier molecular flexibility index (Phi) is 6.04. The van der Waals surface area contributed by atoms with Crippen LogP contribution < -0.4 is 0 Å². The Bertz CT molecular complexity index is 454. The second-order valence-electron chi connectivity index (χ2n) is 9.86. The van der Waals surface area contributed by atoms with Crippen LogP contribution in [0.15, 0.2) is 0 Å². The summed E-state index contributed by atoms with van der Waals surface area (Å²) in [6.07, 6.45) is 6.41. The first kappa shape index (κ1) is 20.1. The Balaban J connectivity index is 1.87. The third kappa shape index (κ3) is 4.70. The first-order valence-corrected chi connectivity index (χ1v) is 13.2. The summed E-state index contributed by atoms with van der Waals surface area (Å²) < 4.78 is 12.5. The van der Waals surface area contributed by atoms with Crippen LogP contribution in [-0.2, 0) is 14.0 Å². The van der Waals surface area contributed by atoms with Crippen LogP contribution in [0.4, 0.5) is 0 Å².